The van der Waals surface area contributed by atoms with Crippen LogP contribution in [-0.4, -0.2) is 96.7 Å². The molecule has 0 bridgehead atoms. The second-order valence-corrected chi connectivity index (χ2v) is 34.1. The fraction of sp³-hybridized carbons (Fsp3) is 0.953. The number of carbonyl (C=O) groups is 4. The first-order valence-corrected chi connectivity index (χ1v) is 47.7. The van der Waals surface area contributed by atoms with Crippen molar-refractivity contribution in [3.05, 3.63) is 0 Å². The van der Waals surface area contributed by atoms with Crippen LogP contribution in [0.1, 0.15) is 465 Å². The Morgan fingerprint density at radius 3 is 0.676 bits per heavy atom. The van der Waals surface area contributed by atoms with Gasteiger partial charge in [0.15, 0.2) is 12.2 Å². The number of ether oxygens (including phenoxy) is 4. The average molecular weight is 1540 g/mol. The number of phosphoric acid groups is 2. The minimum absolute atomic E-state index is 0.108. The van der Waals surface area contributed by atoms with Gasteiger partial charge in [-0.15, -0.1) is 0 Å². The summed E-state index contributed by atoms with van der Waals surface area (Å²) in [7, 11) is -9.93. The van der Waals surface area contributed by atoms with Crippen LogP contribution in [0, 0.1) is 5.92 Å². The van der Waals surface area contributed by atoms with Crippen molar-refractivity contribution in [3.8, 4) is 0 Å². The molecule has 0 aromatic heterocycles. The molecule has 3 unspecified atom stereocenters. The summed E-state index contributed by atoms with van der Waals surface area (Å²) in [4.78, 5) is 73.2. The van der Waals surface area contributed by atoms with Crippen molar-refractivity contribution >= 4 is 39.5 Å². The Labute approximate surface area is 645 Å². The van der Waals surface area contributed by atoms with E-state index in [2.05, 4.69) is 34.6 Å². The van der Waals surface area contributed by atoms with Gasteiger partial charge in [-0.25, -0.2) is 9.13 Å². The Balaban J connectivity index is 5.24. The van der Waals surface area contributed by atoms with Crippen LogP contribution in [-0.2, 0) is 65.4 Å². The second-order valence-electron chi connectivity index (χ2n) is 31.2. The van der Waals surface area contributed by atoms with Crippen molar-refractivity contribution in [1.29, 1.82) is 0 Å². The Hall–Kier alpha value is -1.94. The lowest BCUT2D eigenvalue weighted by Gasteiger charge is -2.21. The van der Waals surface area contributed by atoms with E-state index < -0.39 is 97.5 Å². The van der Waals surface area contributed by atoms with E-state index in [-0.39, 0.29) is 25.7 Å². The number of aliphatic hydroxyl groups is 1. The van der Waals surface area contributed by atoms with Crippen molar-refractivity contribution < 1.29 is 80.2 Å². The molecule has 19 heteroatoms. The maximum absolute atomic E-state index is 13.2. The van der Waals surface area contributed by atoms with Crippen LogP contribution < -0.4 is 0 Å². The zero-order chi connectivity index (χ0) is 76.9. The largest absolute Gasteiger partial charge is 0.472 e. The van der Waals surface area contributed by atoms with Crippen LogP contribution in [0.15, 0.2) is 0 Å². The Kier molecular flexibility index (Phi) is 77.3. The lowest BCUT2D eigenvalue weighted by Crippen LogP contribution is -2.30. The number of unbranched alkanes of at least 4 members (excludes halogenated alkanes) is 57. The molecule has 0 aliphatic heterocycles. The molecule has 0 fully saturated rings. The molecule has 17 nitrogen and oxygen atoms in total. The molecule has 0 radical (unpaired) electrons. The summed E-state index contributed by atoms with van der Waals surface area (Å²) in [5, 5.41) is 10.7. The topological polar surface area (TPSA) is 237 Å². The highest BCUT2D eigenvalue weighted by Crippen LogP contribution is 2.45. The van der Waals surface area contributed by atoms with Gasteiger partial charge in [-0.2, -0.15) is 0 Å². The molecule has 0 saturated carbocycles. The number of aliphatic hydroxyl groups excluding tert-OH is 1. The standard InChI is InChI=1S/C86H168O17P2/c1-6-10-13-16-19-22-25-28-31-33-35-37-39-41-44-47-50-57-62-67-72-86(91)102-81(75-96-83(88)69-64-59-54-48-45-43-40-38-36-34-32-29-26-23-20-17-14-11-7-2)77-100-104(92,93)98-73-80(87)74-99-105(94,95)101-78-82(76-97-84(89)70-65-60-55-52-51-53-58-63-68-79(5)9-4)103-85(90)71-66-61-56-49-46-42-30-27-24-21-18-15-12-8-3/h79-82,87H,6-78H2,1-5H3,(H,92,93)(H,94,95)/t79?,80-,81-,82-/m1/s1. The van der Waals surface area contributed by atoms with Gasteiger partial charge in [-0.1, -0.05) is 413 Å². The first-order valence-electron chi connectivity index (χ1n) is 44.7. The third-order valence-corrected chi connectivity index (χ3v) is 22.5. The predicted molar refractivity (Wildman–Crippen MR) is 432 cm³/mol. The third-order valence-electron chi connectivity index (χ3n) is 20.6. The van der Waals surface area contributed by atoms with Gasteiger partial charge in [-0.05, 0) is 31.6 Å². The fourth-order valence-corrected chi connectivity index (χ4v) is 15.0. The molecule has 0 aliphatic carbocycles. The van der Waals surface area contributed by atoms with Gasteiger partial charge in [0.1, 0.15) is 19.3 Å². The predicted octanol–water partition coefficient (Wildman–Crippen LogP) is 26.4. The minimum Gasteiger partial charge on any atom is -0.462 e. The van der Waals surface area contributed by atoms with Gasteiger partial charge in [0.05, 0.1) is 26.4 Å². The highest BCUT2D eigenvalue weighted by molar-refractivity contribution is 7.47. The van der Waals surface area contributed by atoms with Crippen molar-refractivity contribution in [2.75, 3.05) is 39.6 Å². The van der Waals surface area contributed by atoms with Crippen LogP contribution in [0.2, 0.25) is 0 Å². The molecule has 0 heterocycles. The average Bonchev–Trinajstić information content (AvgIpc) is 0.927. The molecule has 0 rings (SSSR count). The molecule has 105 heavy (non-hydrogen) atoms. The number of hydrogen-bond donors (Lipinski definition) is 3. The first-order chi connectivity index (χ1) is 51.1. The van der Waals surface area contributed by atoms with Crippen LogP contribution in [0.4, 0.5) is 0 Å². The molecule has 0 saturated heterocycles. The summed E-state index contributed by atoms with van der Waals surface area (Å²) < 4.78 is 68.9. The molecule has 624 valence electrons. The smallest absolute Gasteiger partial charge is 0.462 e. The number of rotatable bonds is 86. The highest BCUT2D eigenvalue weighted by atomic mass is 31.2. The van der Waals surface area contributed by atoms with Gasteiger partial charge in [0, 0.05) is 25.7 Å². The summed E-state index contributed by atoms with van der Waals surface area (Å²) >= 11 is 0. The SMILES string of the molecule is CCCCCCCCCCCCCCCCCCCCCCC(=O)O[C@H](COC(=O)CCCCCCCCCCCCCCCCCCCCC)COP(=O)(O)OC[C@@H](O)COP(=O)(O)OC[C@@H](COC(=O)CCCCCCCCCCC(C)CC)OC(=O)CCCCCCCCCCCCCCCC. The first kappa shape index (κ1) is 103. The fourth-order valence-electron chi connectivity index (χ4n) is 13.4. The van der Waals surface area contributed by atoms with Gasteiger partial charge < -0.3 is 33.8 Å². The quantitative estimate of drug-likeness (QED) is 0.0222. The molecule has 6 atom stereocenters. The van der Waals surface area contributed by atoms with Crippen LogP contribution in [0.3, 0.4) is 0 Å². The summed E-state index contributed by atoms with van der Waals surface area (Å²) in [6.07, 6.45) is 72.2. The Morgan fingerprint density at radius 2 is 0.457 bits per heavy atom. The molecule has 0 aromatic carbocycles. The normalized spacial score (nSPS) is 14.0. The number of hydrogen-bond acceptors (Lipinski definition) is 15. The molecule has 0 aromatic rings. The van der Waals surface area contributed by atoms with Gasteiger partial charge in [0.2, 0.25) is 0 Å². The van der Waals surface area contributed by atoms with Crippen LogP contribution in [0.5, 0.6) is 0 Å². The van der Waals surface area contributed by atoms with E-state index in [4.69, 9.17) is 37.0 Å². The zero-order valence-corrected chi connectivity index (χ0v) is 70.7. The molecule has 0 spiro atoms. The van der Waals surface area contributed by atoms with E-state index in [1.165, 1.54) is 289 Å². The number of esters is 4. The molecule has 3 N–H and O–H groups in total. The van der Waals surface area contributed by atoms with Gasteiger partial charge >= 0.3 is 39.5 Å². The molecular formula is C86H168O17P2. The van der Waals surface area contributed by atoms with Crippen molar-refractivity contribution in [3.63, 3.8) is 0 Å². The van der Waals surface area contributed by atoms with Crippen LogP contribution >= 0.6 is 15.6 Å². The van der Waals surface area contributed by atoms with Crippen molar-refractivity contribution in [2.45, 2.75) is 483 Å². The number of phosphoric ester groups is 2. The maximum atomic E-state index is 13.2. The Morgan fingerprint density at radius 1 is 0.267 bits per heavy atom. The summed E-state index contributed by atoms with van der Waals surface area (Å²) in [5.41, 5.74) is 0. The number of carbonyl (C=O) groups excluding carboxylic acids is 4. The molecule has 0 amide bonds. The minimum atomic E-state index is -4.97. The lowest BCUT2D eigenvalue weighted by atomic mass is 9.99. The maximum Gasteiger partial charge on any atom is 0.472 e. The third kappa shape index (κ3) is 78.5. The summed E-state index contributed by atoms with van der Waals surface area (Å²) in [6.45, 7) is 7.37. The van der Waals surface area contributed by atoms with Gasteiger partial charge in [0.25, 0.3) is 0 Å². The van der Waals surface area contributed by atoms with Crippen LogP contribution in [0.25, 0.3) is 0 Å². The van der Waals surface area contributed by atoms with E-state index >= 15 is 0 Å². The van der Waals surface area contributed by atoms with Crippen molar-refractivity contribution in [1.82, 2.24) is 0 Å². The summed E-state index contributed by atoms with van der Waals surface area (Å²) in [5.74, 6) is -1.32. The Bertz CT molecular complexity index is 2000. The van der Waals surface area contributed by atoms with E-state index in [1.54, 1.807) is 0 Å². The highest BCUT2D eigenvalue weighted by Gasteiger charge is 2.30. The van der Waals surface area contributed by atoms with E-state index in [0.29, 0.717) is 25.7 Å². The van der Waals surface area contributed by atoms with E-state index in [9.17, 15) is 43.2 Å². The van der Waals surface area contributed by atoms with E-state index in [1.807, 2.05) is 0 Å². The summed E-state index contributed by atoms with van der Waals surface area (Å²) in [6, 6.07) is 0. The molecule has 0 aliphatic rings. The van der Waals surface area contributed by atoms with Crippen molar-refractivity contribution in [2.24, 2.45) is 5.92 Å². The monoisotopic (exact) mass is 1540 g/mol. The van der Waals surface area contributed by atoms with E-state index in [0.717, 1.165) is 95.8 Å². The van der Waals surface area contributed by atoms with Gasteiger partial charge in [-0.3, -0.25) is 37.3 Å². The second kappa shape index (κ2) is 78.7. The molecular weight excluding hydrogens is 1370 g/mol. The zero-order valence-electron chi connectivity index (χ0n) is 68.9. The lowest BCUT2D eigenvalue weighted by molar-refractivity contribution is -0.161.